The Morgan fingerprint density at radius 1 is 0.263 bits per heavy atom. The van der Waals surface area contributed by atoms with Gasteiger partial charge in [0.05, 0.1) is 0 Å². The summed E-state index contributed by atoms with van der Waals surface area (Å²) in [5.41, 5.74) is 15.2. The number of hydrogen-bond donors (Lipinski definition) is 0. The minimum absolute atomic E-state index is 0.143. The molecule has 2 nitrogen and oxygen atoms in total. The topological polar surface area (TPSA) is 18.5 Å². The molecule has 0 aromatic heterocycles. The van der Waals surface area contributed by atoms with Crippen LogP contribution in [0.25, 0.3) is 44.5 Å². The maximum atomic E-state index is 8.00. The first-order valence-electron chi connectivity index (χ1n) is 33.3. The molecule has 2 aliphatic heterocycles. The Balaban J connectivity index is 1.02. The van der Waals surface area contributed by atoms with Crippen LogP contribution in [0.15, 0.2) is 355 Å². The summed E-state index contributed by atoms with van der Waals surface area (Å²) in [7, 11) is -4.00. The van der Waals surface area contributed by atoms with Crippen LogP contribution in [0.5, 0.6) is 23.0 Å². The van der Waals surface area contributed by atoms with Crippen LogP contribution in [0, 0.1) is 0 Å². The molecule has 2 aliphatic rings. The molecule has 5 heteroatoms. The Morgan fingerprint density at radius 3 is 1.15 bits per heavy atom. The first-order chi connectivity index (χ1) is 46.0. The van der Waals surface area contributed by atoms with Gasteiger partial charge in [0.25, 0.3) is 6.71 Å². The Morgan fingerprint density at radius 2 is 0.663 bits per heavy atom. The van der Waals surface area contributed by atoms with Crippen molar-refractivity contribution in [3.05, 3.63) is 332 Å². The molecule has 2 heterocycles. The maximum absolute atomic E-state index is 8.00. The van der Waals surface area contributed by atoms with Crippen molar-refractivity contribution in [2.45, 2.75) is 118 Å². The van der Waals surface area contributed by atoms with E-state index in [2.05, 4.69) is 378 Å². The molecule has 15 rings (SSSR count). The molecule has 0 unspecified atom stereocenters. The van der Waals surface area contributed by atoms with Gasteiger partial charge in [0.1, 0.15) is 23.0 Å². The van der Waals surface area contributed by atoms with Gasteiger partial charge in [-0.15, -0.1) is 20.1 Å². The summed E-state index contributed by atoms with van der Waals surface area (Å²) < 4.78 is 15.7. The fraction of sp³-hybridized carbons (Fsp3) is 0.133. The monoisotopic (exact) mass is 1270 g/mol. The number of benzene rings is 13. The molecule has 0 fully saturated rings. The third-order valence-corrected chi connectivity index (χ3v) is 27.1. The van der Waals surface area contributed by atoms with Gasteiger partial charge in [-0.25, -0.2) is 0 Å². The smallest absolute Gasteiger partial charge is 0.260 e. The molecule has 466 valence electrons. The summed E-state index contributed by atoms with van der Waals surface area (Å²) in [6.45, 7) is 20.8. The van der Waals surface area contributed by atoms with E-state index in [0.717, 1.165) is 83.9 Å². The highest BCUT2D eigenvalue weighted by atomic mass is 32.3. The molecule has 0 aliphatic carbocycles. The number of ether oxygens (including phenoxy) is 2. The Hall–Kier alpha value is -9.78. The van der Waals surface area contributed by atoms with Crippen LogP contribution in [0.1, 0.15) is 79.0 Å². The van der Waals surface area contributed by atoms with Crippen LogP contribution in [0.3, 0.4) is 0 Å². The van der Waals surface area contributed by atoms with Crippen molar-refractivity contribution in [2.24, 2.45) is 0 Å². The third kappa shape index (κ3) is 10.7. The van der Waals surface area contributed by atoms with Crippen LogP contribution in [-0.4, -0.2) is 6.71 Å². The summed E-state index contributed by atoms with van der Waals surface area (Å²) in [4.78, 5) is 10.2. The van der Waals surface area contributed by atoms with Gasteiger partial charge in [-0.2, -0.15) is 0 Å². The lowest BCUT2D eigenvalue weighted by Crippen LogP contribution is -2.58. The van der Waals surface area contributed by atoms with Crippen molar-refractivity contribution < 1.29 is 9.47 Å². The molecule has 0 radical (unpaired) electrons. The fourth-order valence-corrected chi connectivity index (χ4v) is 22.5. The van der Waals surface area contributed by atoms with E-state index in [0.29, 0.717) is 0 Å². The van der Waals surface area contributed by atoms with Crippen molar-refractivity contribution in [1.29, 1.82) is 0 Å². The number of hydrogen-bond acceptors (Lipinski definition) is 2. The molecular weight excluding hydrogens is 1190 g/mol. The second kappa shape index (κ2) is 24.2. The summed E-state index contributed by atoms with van der Waals surface area (Å²) in [6.07, 6.45) is 0. The largest absolute Gasteiger partial charge is 0.458 e. The van der Waals surface area contributed by atoms with Gasteiger partial charge in [0.2, 0.25) is 0 Å². The van der Waals surface area contributed by atoms with Gasteiger partial charge < -0.3 is 9.47 Å². The minimum atomic E-state index is -2.01. The van der Waals surface area contributed by atoms with Crippen molar-refractivity contribution >= 4 is 43.2 Å². The summed E-state index contributed by atoms with van der Waals surface area (Å²) in [6, 6.07) is 118. The van der Waals surface area contributed by atoms with Crippen molar-refractivity contribution in [3.63, 3.8) is 0 Å². The summed E-state index contributed by atoms with van der Waals surface area (Å²) in [5.74, 6) is 3.35. The van der Waals surface area contributed by atoms with E-state index in [1.807, 2.05) is 0 Å². The molecule has 0 saturated heterocycles. The summed E-state index contributed by atoms with van der Waals surface area (Å²) >= 11 is 0. The minimum Gasteiger partial charge on any atom is -0.458 e. The van der Waals surface area contributed by atoms with Crippen LogP contribution in [0.2, 0.25) is 0 Å². The van der Waals surface area contributed by atoms with Crippen LogP contribution < -0.4 is 25.9 Å². The second-order valence-electron chi connectivity index (χ2n) is 28.4. The standard InChI is InChI=1S/C90H79BO2S2/c1-88(2,3)65-53-56-82-80(58-65)91-81-61-79(90(7,8)9)75(64-35-31-48-73(57-64)95(69-42-25-14-26-43-69,70-44-27-15-28-45-70)71-46-29-16-30-47-71)60-83(81)93-86-76(59-77(87(92-82)85(86)91)84-74(62-33-17-10-18-34-62)49-32-50-78(84)89(4,5)6)63-51-54-72(55-52-63)94(66-36-19-11-20-37-66,67-38-21-12-22-39-67)68-40-23-13-24-41-68/h10-61H,1-9H3. The zero-order valence-electron chi connectivity index (χ0n) is 55.7. The van der Waals surface area contributed by atoms with Gasteiger partial charge in [-0.1, -0.05) is 263 Å². The first-order valence-corrected chi connectivity index (χ1v) is 36.6. The molecule has 0 amide bonds. The Labute approximate surface area is 566 Å². The lowest BCUT2D eigenvalue weighted by molar-refractivity contribution is 0.466. The molecule has 95 heavy (non-hydrogen) atoms. The Bertz CT molecular complexity index is 4770. The predicted octanol–water partition coefficient (Wildman–Crippen LogP) is 23.7. The molecule has 0 bridgehead atoms. The van der Waals surface area contributed by atoms with Gasteiger partial charge in [0, 0.05) is 55.8 Å². The first kappa shape index (κ1) is 61.4. The fourth-order valence-electron chi connectivity index (χ4n) is 14.8. The zero-order valence-corrected chi connectivity index (χ0v) is 57.4. The molecule has 0 atom stereocenters. The van der Waals surface area contributed by atoms with Crippen LogP contribution >= 0.6 is 20.1 Å². The van der Waals surface area contributed by atoms with Crippen LogP contribution in [-0.2, 0) is 16.2 Å². The van der Waals surface area contributed by atoms with Crippen molar-refractivity contribution in [3.8, 4) is 67.5 Å². The predicted molar refractivity (Wildman–Crippen MR) is 402 cm³/mol. The molecule has 0 saturated carbocycles. The molecule has 0 spiro atoms. The molecule has 0 N–H and O–H groups in total. The van der Waals surface area contributed by atoms with Gasteiger partial charge in [-0.05, 0) is 193 Å². The van der Waals surface area contributed by atoms with Crippen molar-refractivity contribution in [2.75, 3.05) is 0 Å². The summed E-state index contributed by atoms with van der Waals surface area (Å²) in [5, 5.41) is 0. The lowest BCUT2D eigenvalue weighted by atomic mass is 9.34. The number of fused-ring (bicyclic) bond motifs is 4. The van der Waals surface area contributed by atoms with E-state index in [9.17, 15) is 0 Å². The average Bonchev–Trinajstić information content (AvgIpc) is 0.785. The average molecular weight is 1270 g/mol. The third-order valence-electron chi connectivity index (χ3n) is 19.3. The van der Waals surface area contributed by atoms with E-state index < -0.39 is 20.1 Å². The van der Waals surface area contributed by atoms with Crippen LogP contribution in [0.4, 0.5) is 0 Å². The van der Waals surface area contributed by atoms with Gasteiger partial charge >= 0.3 is 0 Å². The number of rotatable bonds is 12. The van der Waals surface area contributed by atoms with Crippen molar-refractivity contribution in [1.82, 2.24) is 0 Å². The van der Waals surface area contributed by atoms with E-state index >= 15 is 0 Å². The maximum Gasteiger partial charge on any atom is 0.260 e. The zero-order chi connectivity index (χ0) is 65.3. The SMILES string of the molecule is CC(C)(C)c1ccc2c(c1)B1c3cc(C(C)(C)C)c(-c4cccc(S(c5ccccc5)(c5ccccc5)c5ccccc5)c4)cc3Oc3c(-c4ccc(S(c5ccccc5)(c5ccccc5)c5ccccc5)cc4)cc(-c4c(-c5ccccc5)cccc4C(C)(C)C)c(c31)O2. The highest BCUT2D eigenvalue weighted by Gasteiger charge is 2.46. The van der Waals surface area contributed by atoms with E-state index in [1.54, 1.807) is 0 Å². The highest BCUT2D eigenvalue weighted by Crippen LogP contribution is 2.75. The van der Waals surface area contributed by atoms with E-state index in [1.165, 1.54) is 55.9 Å². The highest BCUT2D eigenvalue weighted by molar-refractivity contribution is 8.34. The van der Waals surface area contributed by atoms with Gasteiger partial charge in [0.15, 0.2) is 0 Å². The van der Waals surface area contributed by atoms with E-state index in [4.69, 9.17) is 9.47 Å². The molecule has 13 aromatic rings. The normalized spacial score (nSPS) is 13.2. The molecular formula is C90H79BO2S2. The Kier molecular flexibility index (Phi) is 15.6. The second-order valence-corrected chi connectivity index (χ2v) is 34.6. The lowest BCUT2D eigenvalue weighted by Gasteiger charge is -2.42. The van der Waals surface area contributed by atoms with Gasteiger partial charge in [-0.3, -0.25) is 0 Å². The quantitative estimate of drug-likeness (QED) is 0.114. The van der Waals surface area contributed by atoms with E-state index in [-0.39, 0.29) is 23.0 Å². The molecule has 13 aromatic carbocycles.